The molecule has 1 N–H and O–H groups in total. The molecule has 0 fully saturated rings. The summed E-state index contributed by atoms with van der Waals surface area (Å²) >= 11 is 6.04. The summed E-state index contributed by atoms with van der Waals surface area (Å²) in [5, 5.41) is 0.168. The van der Waals surface area contributed by atoms with Crippen LogP contribution in [0.15, 0.2) is 67.0 Å². The molecule has 164 valence electrons. The second kappa shape index (κ2) is 9.63. The largest absolute Gasteiger partial charge is 0.336 e. The van der Waals surface area contributed by atoms with Crippen LogP contribution in [-0.4, -0.2) is 32.8 Å². The minimum absolute atomic E-state index is 0.0292. The number of H-pyrrole nitrogens is 1. The summed E-state index contributed by atoms with van der Waals surface area (Å²) in [5.74, 6) is 4.24. The van der Waals surface area contributed by atoms with E-state index in [1.54, 1.807) is 19.4 Å². The number of halogens is 3. The third kappa shape index (κ3) is 5.08. The number of amides is 1. The molecule has 0 aliphatic carbocycles. The molecule has 2 aromatic carbocycles. The molecule has 4 rings (SSSR count). The van der Waals surface area contributed by atoms with Crippen molar-refractivity contribution in [3.05, 3.63) is 106 Å². The number of nitrogens with one attached hydrogen (secondary N) is 1. The van der Waals surface area contributed by atoms with E-state index >= 15 is 0 Å². The molecule has 0 unspecified atom stereocenters. The second-order valence-electron chi connectivity index (χ2n) is 7.18. The average molecular weight is 463 g/mol. The van der Waals surface area contributed by atoms with Crippen LogP contribution in [0.25, 0.3) is 11.3 Å². The van der Waals surface area contributed by atoms with Crippen LogP contribution in [0.4, 0.5) is 8.78 Å². The van der Waals surface area contributed by atoms with Gasteiger partial charge in [0.25, 0.3) is 5.91 Å². The van der Waals surface area contributed by atoms with Crippen LogP contribution in [-0.2, 0) is 6.54 Å². The number of carbonyl (C=O) groups is 1. The maximum absolute atomic E-state index is 14.1. The quantitative estimate of drug-likeness (QED) is 0.430. The molecule has 4 aromatic rings. The molecule has 33 heavy (non-hydrogen) atoms. The van der Waals surface area contributed by atoms with Gasteiger partial charge in [-0.25, -0.2) is 13.8 Å². The SMILES string of the molecule is CN(Cc1ccncc1)C(=O)c1[nH]c(C#Cc2c(F)cccc2Cl)nc1-c1ccc(F)cc1. The van der Waals surface area contributed by atoms with Crippen molar-refractivity contribution in [1.82, 2.24) is 19.9 Å². The Hall–Kier alpha value is -4.02. The van der Waals surface area contributed by atoms with Crippen molar-refractivity contribution in [2.45, 2.75) is 6.54 Å². The van der Waals surface area contributed by atoms with Gasteiger partial charge in [-0.3, -0.25) is 9.78 Å². The van der Waals surface area contributed by atoms with Crippen LogP contribution in [0.2, 0.25) is 5.02 Å². The van der Waals surface area contributed by atoms with Crippen LogP contribution < -0.4 is 0 Å². The zero-order chi connectivity index (χ0) is 23.4. The lowest BCUT2D eigenvalue weighted by atomic mass is 10.1. The molecule has 0 spiro atoms. The summed E-state index contributed by atoms with van der Waals surface area (Å²) in [6.45, 7) is 0.342. The van der Waals surface area contributed by atoms with Crippen LogP contribution in [0, 0.1) is 23.5 Å². The fraction of sp³-hybridized carbons (Fsp3) is 0.0800. The fourth-order valence-electron chi connectivity index (χ4n) is 3.17. The van der Waals surface area contributed by atoms with Crippen LogP contribution in [0.1, 0.15) is 27.4 Å². The minimum atomic E-state index is -0.561. The van der Waals surface area contributed by atoms with Gasteiger partial charge in [0.05, 0.1) is 10.6 Å². The molecule has 0 saturated heterocycles. The molecule has 2 heterocycles. The van der Waals surface area contributed by atoms with E-state index in [0.717, 1.165) is 5.56 Å². The predicted octanol–water partition coefficient (Wildman–Crippen LogP) is 5.08. The van der Waals surface area contributed by atoms with Crippen molar-refractivity contribution in [3.63, 3.8) is 0 Å². The van der Waals surface area contributed by atoms with E-state index in [9.17, 15) is 13.6 Å². The summed E-state index contributed by atoms with van der Waals surface area (Å²) < 4.78 is 27.5. The van der Waals surface area contributed by atoms with Crippen molar-refractivity contribution in [2.75, 3.05) is 7.05 Å². The van der Waals surface area contributed by atoms with Gasteiger partial charge in [-0.1, -0.05) is 23.6 Å². The van der Waals surface area contributed by atoms with E-state index in [1.165, 1.54) is 47.4 Å². The van der Waals surface area contributed by atoms with Gasteiger partial charge in [-0.15, -0.1) is 0 Å². The number of aromatic amines is 1. The van der Waals surface area contributed by atoms with E-state index in [-0.39, 0.29) is 28.0 Å². The zero-order valence-corrected chi connectivity index (χ0v) is 18.2. The monoisotopic (exact) mass is 462 g/mol. The first-order chi connectivity index (χ1) is 15.9. The molecule has 0 aliphatic rings. The Labute approximate surface area is 194 Å². The van der Waals surface area contributed by atoms with Crippen molar-refractivity contribution in [1.29, 1.82) is 0 Å². The number of hydrogen-bond donors (Lipinski definition) is 1. The smallest absolute Gasteiger partial charge is 0.272 e. The van der Waals surface area contributed by atoms with Gasteiger partial charge in [0, 0.05) is 31.5 Å². The Balaban J connectivity index is 1.72. The van der Waals surface area contributed by atoms with Gasteiger partial charge in [-0.05, 0) is 60.0 Å². The van der Waals surface area contributed by atoms with Gasteiger partial charge in [-0.2, -0.15) is 0 Å². The number of aromatic nitrogens is 3. The predicted molar refractivity (Wildman–Crippen MR) is 121 cm³/mol. The van der Waals surface area contributed by atoms with Crippen LogP contribution >= 0.6 is 11.6 Å². The Bertz CT molecular complexity index is 1340. The number of hydrogen-bond acceptors (Lipinski definition) is 3. The lowest BCUT2D eigenvalue weighted by Crippen LogP contribution is -2.27. The number of pyridine rings is 1. The van der Waals surface area contributed by atoms with Gasteiger partial charge >= 0.3 is 0 Å². The van der Waals surface area contributed by atoms with Crippen LogP contribution in [0.5, 0.6) is 0 Å². The molecular weight excluding hydrogens is 446 g/mol. The van der Waals surface area contributed by atoms with Crippen molar-refractivity contribution in [3.8, 4) is 23.1 Å². The molecule has 0 aliphatic heterocycles. The molecule has 2 aromatic heterocycles. The Morgan fingerprint density at radius 2 is 1.79 bits per heavy atom. The molecule has 1 amide bonds. The van der Waals surface area contributed by atoms with E-state index in [4.69, 9.17) is 11.6 Å². The van der Waals surface area contributed by atoms with Crippen molar-refractivity contribution < 1.29 is 13.6 Å². The number of imidazole rings is 1. The number of benzene rings is 2. The average Bonchev–Trinajstić information content (AvgIpc) is 3.23. The number of carbonyl (C=O) groups excluding carboxylic acids is 1. The minimum Gasteiger partial charge on any atom is -0.336 e. The first-order valence-corrected chi connectivity index (χ1v) is 10.3. The standard InChI is InChI=1S/C25H17ClF2N4O/c1-32(15-16-11-13-29-14-12-16)25(33)24-23(17-5-7-18(27)8-6-17)30-22(31-24)10-9-19-20(26)3-2-4-21(19)28/h2-8,11-14H,15H2,1H3,(H,30,31). The summed E-state index contributed by atoms with van der Waals surface area (Å²) in [6, 6.07) is 13.5. The molecule has 0 radical (unpaired) electrons. The van der Waals surface area contributed by atoms with Gasteiger partial charge < -0.3 is 9.88 Å². The summed E-state index contributed by atoms with van der Waals surface area (Å²) in [5.41, 5.74) is 1.96. The lowest BCUT2D eigenvalue weighted by Gasteiger charge is -2.17. The first kappa shape index (κ1) is 22.2. The molecule has 0 bridgehead atoms. The Kier molecular flexibility index (Phi) is 6.48. The highest BCUT2D eigenvalue weighted by atomic mass is 35.5. The normalized spacial score (nSPS) is 10.4. The van der Waals surface area contributed by atoms with Crippen LogP contribution in [0.3, 0.4) is 0 Å². The second-order valence-corrected chi connectivity index (χ2v) is 7.59. The molecular formula is C25H17ClF2N4O. The Morgan fingerprint density at radius 3 is 2.48 bits per heavy atom. The van der Waals surface area contributed by atoms with Gasteiger partial charge in [0.1, 0.15) is 23.0 Å². The topological polar surface area (TPSA) is 61.9 Å². The molecule has 0 atom stereocenters. The van der Waals surface area contributed by atoms with Crippen molar-refractivity contribution >= 4 is 17.5 Å². The lowest BCUT2D eigenvalue weighted by molar-refractivity contribution is 0.0780. The highest BCUT2D eigenvalue weighted by Gasteiger charge is 2.22. The maximum Gasteiger partial charge on any atom is 0.272 e. The summed E-state index contributed by atoms with van der Waals surface area (Å²) in [4.78, 5) is 26.1. The zero-order valence-electron chi connectivity index (χ0n) is 17.4. The van der Waals surface area contributed by atoms with Gasteiger partial charge in [0.2, 0.25) is 0 Å². The first-order valence-electron chi connectivity index (χ1n) is 9.88. The van der Waals surface area contributed by atoms with Gasteiger partial charge in [0.15, 0.2) is 5.82 Å². The highest BCUT2D eigenvalue weighted by molar-refractivity contribution is 6.31. The van der Waals surface area contributed by atoms with E-state index in [0.29, 0.717) is 17.8 Å². The molecule has 0 saturated carbocycles. The highest BCUT2D eigenvalue weighted by Crippen LogP contribution is 2.24. The third-order valence-electron chi connectivity index (χ3n) is 4.82. The molecule has 5 nitrogen and oxygen atoms in total. The molecule has 8 heteroatoms. The maximum atomic E-state index is 14.1. The fourth-order valence-corrected chi connectivity index (χ4v) is 3.38. The van der Waals surface area contributed by atoms with Crippen molar-refractivity contribution in [2.24, 2.45) is 0 Å². The van der Waals surface area contributed by atoms with E-state index in [1.807, 2.05) is 12.1 Å². The van der Waals surface area contributed by atoms with E-state index < -0.39 is 11.6 Å². The third-order valence-corrected chi connectivity index (χ3v) is 5.13. The number of rotatable bonds is 4. The summed E-state index contributed by atoms with van der Waals surface area (Å²) in [6.07, 6.45) is 3.30. The summed E-state index contributed by atoms with van der Waals surface area (Å²) in [7, 11) is 1.66. The number of nitrogens with zero attached hydrogens (tertiary/aromatic N) is 3. The Morgan fingerprint density at radius 1 is 1.06 bits per heavy atom. The van der Waals surface area contributed by atoms with E-state index in [2.05, 4.69) is 26.8 Å².